The van der Waals surface area contributed by atoms with Crippen LogP contribution in [0, 0.1) is 5.92 Å². The van der Waals surface area contributed by atoms with Gasteiger partial charge in [-0.3, -0.25) is 4.79 Å². The Kier molecular flexibility index (Phi) is 3.85. The van der Waals surface area contributed by atoms with Gasteiger partial charge in [-0.2, -0.15) is 5.10 Å². The van der Waals surface area contributed by atoms with Gasteiger partial charge in [0.15, 0.2) is 0 Å². The summed E-state index contributed by atoms with van der Waals surface area (Å²) in [6, 6.07) is 11.6. The number of halogens is 1. The second-order valence-electron chi connectivity index (χ2n) is 4.73. The third kappa shape index (κ3) is 2.92. The summed E-state index contributed by atoms with van der Waals surface area (Å²) in [7, 11) is 0. The zero-order valence-corrected chi connectivity index (χ0v) is 12.2. The van der Waals surface area contributed by atoms with Crippen LogP contribution in [0.1, 0.15) is 16.9 Å². The average molecular weight is 305 g/mol. The van der Waals surface area contributed by atoms with Crippen LogP contribution in [0.3, 0.4) is 0 Å². The highest BCUT2D eigenvalue weighted by Crippen LogP contribution is 2.22. The lowest BCUT2D eigenvalue weighted by molar-refractivity contribution is -0.125. The van der Waals surface area contributed by atoms with Gasteiger partial charge < -0.3 is 0 Å². The number of hydrogen-bond donors (Lipinski definition) is 1. The minimum atomic E-state index is -0.0585. The lowest BCUT2D eigenvalue weighted by Gasteiger charge is -2.21. The highest BCUT2D eigenvalue weighted by molar-refractivity contribution is 7.09. The molecule has 1 unspecified atom stereocenters. The molecule has 0 radical (unpaired) electrons. The first kappa shape index (κ1) is 13.3. The fourth-order valence-electron chi connectivity index (χ4n) is 2.25. The molecule has 2 aromatic rings. The number of amides is 1. The van der Waals surface area contributed by atoms with E-state index in [1.54, 1.807) is 11.3 Å². The molecule has 0 bridgehead atoms. The van der Waals surface area contributed by atoms with Crippen LogP contribution < -0.4 is 5.43 Å². The summed E-state index contributed by atoms with van der Waals surface area (Å²) in [5.74, 6) is -0.0621. The lowest BCUT2D eigenvalue weighted by Crippen LogP contribution is -2.35. The van der Waals surface area contributed by atoms with Crippen LogP contribution in [0.25, 0.3) is 0 Å². The van der Waals surface area contributed by atoms with Gasteiger partial charge in [-0.15, -0.1) is 11.3 Å². The molecule has 0 fully saturated rings. The Balaban J connectivity index is 1.77. The SMILES string of the molecule is O=C1NN=C(c2ccc(Cl)cc2)CC1Cc1cccs1. The van der Waals surface area contributed by atoms with E-state index in [0.29, 0.717) is 11.4 Å². The fourth-order valence-corrected chi connectivity index (χ4v) is 3.16. The van der Waals surface area contributed by atoms with Gasteiger partial charge in [-0.05, 0) is 35.6 Å². The quantitative estimate of drug-likeness (QED) is 0.926. The highest BCUT2D eigenvalue weighted by Gasteiger charge is 2.26. The maximum absolute atomic E-state index is 11.9. The number of thiophene rings is 1. The van der Waals surface area contributed by atoms with E-state index in [9.17, 15) is 4.79 Å². The molecule has 1 atom stereocenters. The fraction of sp³-hybridized carbons (Fsp3) is 0.200. The Morgan fingerprint density at radius 1 is 1.30 bits per heavy atom. The van der Waals surface area contributed by atoms with Crippen LogP contribution in [-0.4, -0.2) is 11.6 Å². The summed E-state index contributed by atoms with van der Waals surface area (Å²) < 4.78 is 0. The predicted octanol–water partition coefficient (Wildman–Crippen LogP) is 3.48. The second kappa shape index (κ2) is 5.77. The molecule has 3 nitrogen and oxygen atoms in total. The van der Waals surface area contributed by atoms with Gasteiger partial charge in [0.2, 0.25) is 5.91 Å². The molecule has 1 N–H and O–H groups in total. The van der Waals surface area contributed by atoms with Crippen molar-refractivity contribution in [3.05, 3.63) is 57.2 Å². The zero-order valence-electron chi connectivity index (χ0n) is 10.7. The van der Waals surface area contributed by atoms with Crippen molar-refractivity contribution in [3.8, 4) is 0 Å². The molecule has 1 aliphatic rings. The van der Waals surface area contributed by atoms with Crippen LogP contribution in [0.15, 0.2) is 46.9 Å². The van der Waals surface area contributed by atoms with E-state index in [-0.39, 0.29) is 11.8 Å². The van der Waals surface area contributed by atoms with Gasteiger partial charge >= 0.3 is 0 Å². The Bertz CT molecular complexity index is 634. The van der Waals surface area contributed by atoms with E-state index < -0.39 is 0 Å². The highest BCUT2D eigenvalue weighted by atomic mass is 35.5. The molecule has 20 heavy (non-hydrogen) atoms. The molecule has 3 rings (SSSR count). The van der Waals surface area contributed by atoms with Crippen LogP contribution in [0.2, 0.25) is 5.02 Å². The number of hydrogen-bond acceptors (Lipinski definition) is 3. The topological polar surface area (TPSA) is 41.5 Å². The zero-order chi connectivity index (χ0) is 13.9. The third-order valence-corrected chi connectivity index (χ3v) is 4.47. The number of carbonyl (C=O) groups excluding carboxylic acids is 1. The monoisotopic (exact) mass is 304 g/mol. The first-order valence-electron chi connectivity index (χ1n) is 6.37. The number of hydrazone groups is 1. The maximum atomic E-state index is 11.9. The Hall–Kier alpha value is -1.65. The summed E-state index contributed by atoms with van der Waals surface area (Å²) >= 11 is 7.57. The van der Waals surface area contributed by atoms with Crippen LogP contribution >= 0.6 is 22.9 Å². The molecule has 0 saturated carbocycles. The Labute approximate surface area is 126 Å². The van der Waals surface area contributed by atoms with Crippen molar-refractivity contribution in [2.45, 2.75) is 12.8 Å². The molecule has 2 heterocycles. The lowest BCUT2D eigenvalue weighted by atomic mass is 9.92. The maximum Gasteiger partial charge on any atom is 0.243 e. The molecule has 1 aliphatic heterocycles. The van der Waals surface area contributed by atoms with Crippen LogP contribution in [0.4, 0.5) is 0 Å². The van der Waals surface area contributed by atoms with Gasteiger partial charge in [-0.1, -0.05) is 29.8 Å². The standard InChI is InChI=1S/C15H13ClN2OS/c16-12-5-3-10(4-6-12)14-9-11(15(19)18-17-14)8-13-2-1-7-20-13/h1-7,11H,8-9H2,(H,18,19). The molecule has 1 amide bonds. The Morgan fingerprint density at radius 3 is 2.80 bits per heavy atom. The molecule has 0 saturated heterocycles. The van der Waals surface area contributed by atoms with Crippen molar-refractivity contribution < 1.29 is 4.79 Å². The van der Waals surface area contributed by atoms with Crippen molar-refractivity contribution in [1.82, 2.24) is 5.43 Å². The molecule has 0 aliphatic carbocycles. The minimum absolute atomic E-state index is 0.00360. The minimum Gasteiger partial charge on any atom is -0.273 e. The molecular weight excluding hydrogens is 292 g/mol. The normalized spacial score (nSPS) is 18.6. The number of nitrogens with one attached hydrogen (secondary N) is 1. The van der Waals surface area contributed by atoms with Crippen molar-refractivity contribution in [3.63, 3.8) is 0 Å². The smallest absolute Gasteiger partial charge is 0.243 e. The van der Waals surface area contributed by atoms with E-state index in [1.807, 2.05) is 35.7 Å². The van der Waals surface area contributed by atoms with E-state index in [2.05, 4.69) is 16.6 Å². The molecule has 1 aromatic carbocycles. The third-order valence-electron chi connectivity index (χ3n) is 3.32. The summed E-state index contributed by atoms with van der Waals surface area (Å²) in [4.78, 5) is 13.1. The van der Waals surface area contributed by atoms with Crippen molar-refractivity contribution in [2.75, 3.05) is 0 Å². The average Bonchev–Trinajstić information content (AvgIpc) is 2.95. The van der Waals surface area contributed by atoms with Gasteiger partial charge in [0.25, 0.3) is 0 Å². The van der Waals surface area contributed by atoms with Crippen molar-refractivity contribution in [2.24, 2.45) is 11.0 Å². The van der Waals surface area contributed by atoms with Crippen LogP contribution in [0.5, 0.6) is 0 Å². The summed E-state index contributed by atoms with van der Waals surface area (Å²) in [5.41, 5.74) is 4.54. The van der Waals surface area contributed by atoms with Gasteiger partial charge in [0.1, 0.15) is 0 Å². The predicted molar refractivity (Wildman–Crippen MR) is 82.3 cm³/mol. The van der Waals surface area contributed by atoms with E-state index in [4.69, 9.17) is 11.6 Å². The van der Waals surface area contributed by atoms with Gasteiger partial charge in [0.05, 0.1) is 11.6 Å². The Morgan fingerprint density at radius 2 is 2.10 bits per heavy atom. The largest absolute Gasteiger partial charge is 0.273 e. The molecule has 1 aromatic heterocycles. The summed E-state index contributed by atoms with van der Waals surface area (Å²) in [5, 5.41) is 6.90. The number of benzene rings is 1. The van der Waals surface area contributed by atoms with E-state index in [1.165, 1.54) is 4.88 Å². The molecule has 5 heteroatoms. The van der Waals surface area contributed by atoms with Gasteiger partial charge in [0, 0.05) is 16.3 Å². The van der Waals surface area contributed by atoms with Crippen LogP contribution in [-0.2, 0) is 11.2 Å². The molecule has 102 valence electrons. The van der Waals surface area contributed by atoms with Crippen molar-refractivity contribution in [1.29, 1.82) is 0 Å². The van der Waals surface area contributed by atoms with E-state index >= 15 is 0 Å². The van der Waals surface area contributed by atoms with Gasteiger partial charge in [-0.25, -0.2) is 5.43 Å². The summed E-state index contributed by atoms with van der Waals surface area (Å²) in [6.45, 7) is 0. The van der Waals surface area contributed by atoms with E-state index in [0.717, 1.165) is 17.7 Å². The van der Waals surface area contributed by atoms with Crippen molar-refractivity contribution >= 4 is 34.6 Å². The number of carbonyl (C=O) groups is 1. The molecular formula is C15H13ClN2OS. The number of nitrogens with zero attached hydrogens (tertiary/aromatic N) is 1. The first-order valence-corrected chi connectivity index (χ1v) is 7.63. The summed E-state index contributed by atoms with van der Waals surface area (Å²) in [6.07, 6.45) is 1.42. The first-order chi connectivity index (χ1) is 9.72. The molecule has 0 spiro atoms. The number of rotatable bonds is 3. The second-order valence-corrected chi connectivity index (χ2v) is 6.19.